The summed E-state index contributed by atoms with van der Waals surface area (Å²) in [5, 5.41) is 10.9. The highest BCUT2D eigenvalue weighted by atomic mass is 35.5. The van der Waals surface area contributed by atoms with Crippen LogP contribution in [0.25, 0.3) is 0 Å². The molecule has 1 N–H and O–H groups in total. The molecule has 82 valence electrons. The quantitative estimate of drug-likeness (QED) is 0.592. The molecule has 1 aromatic rings. The Morgan fingerprint density at radius 2 is 1.73 bits per heavy atom. The van der Waals surface area contributed by atoms with Gasteiger partial charge in [0.2, 0.25) is 0 Å². The second-order valence-electron chi connectivity index (χ2n) is 4.29. The van der Waals surface area contributed by atoms with E-state index in [0.717, 1.165) is 5.06 Å². The number of hydrogen-bond donors (Lipinski definition) is 1. The molecular formula is C11H14ClNO2. The molecular weight excluding hydrogens is 214 g/mol. The highest BCUT2D eigenvalue weighted by molar-refractivity contribution is 6.30. The Bertz CT molecular complexity index is 354. The van der Waals surface area contributed by atoms with Crippen molar-refractivity contribution in [2.24, 2.45) is 0 Å². The van der Waals surface area contributed by atoms with Crippen LogP contribution in [-0.2, 0) is 0 Å². The minimum absolute atomic E-state index is 0.414. The molecule has 1 rings (SSSR count). The molecule has 0 radical (unpaired) electrons. The first kappa shape index (κ1) is 12.0. The minimum atomic E-state index is -0.614. The van der Waals surface area contributed by atoms with Gasteiger partial charge in [0, 0.05) is 10.6 Å². The molecule has 1 amide bonds. The van der Waals surface area contributed by atoms with Crippen LogP contribution < -0.4 is 0 Å². The van der Waals surface area contributed by atoms with Gasteiger partial charge in [-0.05, 0) is 45.0 Å². The van der Waals surface area contributed by atoms with Crippen LogP contribution in [0.4, 0.5) is 0 Å². The highest BCUT2D eigenvalue weighted by Gasteiger charge is 2.25. The minimum Gasteiger partial charge on any atom is -0.285 e. The lowest BCUT2D eigenvalue weighted by Crippen LogP contribution is -2.43. The Morgan fingerprint density at radius 3 is 2.13 bits per heavy atom. The van der Waals surface area contributed by atoms with E-state index in [2.05, 4.69) is 0 Å². The molecule has 0 unspecified atom stereocenters. The second-order valence-corrected chi connectivity index (χ2v) is 4.73. The summed E-state index contributed by atoms with van der Waals surface area (Å²) >= 11 is 5.70. The van der Waals surface area contributed by atoms with Crippen molar-refractivity contribution in [1.29, 1.82) is 0 Å². The maximum Gasteiger partial charge on any atom is 0.277 e. The Kier molecular flexibility index (Phi) is 3.37. The lowest BCUT2D eigenvalue weighted by Gasteiger charge is -2.29. The largest absolute Gasteiger partial charge is 0.285 e. The Labute approximate surface area is 94.2 Å². The van der Waals surface area contributed by atoms with E-state index in [4.69, 9.17) is 11.6 Å². The standard InChI is InChI=1S/C11H14ClNO2/c1-11(2,3)13(15)10(14)8-4-6-9(12)7-5-8/h4-7,15H,1-3H3. The molecule has 0 aliphatic heterocycles. The Hall–Kier alpha value is -1.06. The van der Waals surface area contributed by atoms with Crippen molar-refractivity contribution in [2.45, 2.75) is 26.3 Å². The first-order valence-electron chi connectivity index (χ1n) is 4.61. The molecule has 0 spiro atoms. The summed E-state index contributed by atoms with van der Waals surface area (Å²) < 4.78 is 0. The van der Waals surface area contributed by atoms with E-state index in [1.165, 1.54) is 0 Å². The molecule has 3 nitrogen and oxygen atoms in total. The maximum atomic E-state index is 11.7. The topological polar surface area (TPSA) is 40.5 Å². The summed E-state index contributed by atoms with van der Waals surface area (Å²) in [6.45, 7) is 5.25. The average molecular weight is 228 g/mol. The van der Waals surface area contributed by atoms with E-state index in [9.17, 15) is 10.0 Å². The molecule has 0 aliphatic rings. The summed E-state index contributed by atoms with van der Waals surface area (Å²) in [6, 6.07) is 6.40. The van der Waals surface area contributed by atoms with E-state index in [1.807, 2.05) is 0 Å². The molecule has 15 heavy (non-hydrogen) atoms. The third kappa shape index (κ3) is 2.94. The molecule has 0 atom stereocenters. The van der Waals surface area contributed by atoms with Crippen molar-refractivity contribution in [3.05, 3.63) is 34.9 Å². The Morgan fingerprint density at radius 1 is 1.27 bits per heavy atom. The van der Waals surface area contributed by atoms with Gasteiger partial charge in [-0.25, -0.2) is 5.06 Å². The SMILES string of the molecule is CC(C)(C)N(O)C(=O)c1ccc(Cl)cc1. The van der Waals surface area contributed by atoms with Gasteiger partial charge in [-0.1, -0.05) is 11.6 Å². The maximum absolute atomic E-state index is 11.7. The summed E-state index contributed by atoms with van der Waals surface area (Å²) in [5.41, 5.74) is -0.201. The van der Waals surface area contributed by atoms with E-state index in [0.29, 0.717) is 10.6 Å². The van der Waals surface area contributed by atoms with Gasteiger partial charge in [-0.3, -0.25) is 10.0 Å². The summed E-state index contributed by atoms with van der Waals surface area (Å²) in [6.07, 6.45) is 0. The first-order valence-corrected chi connectivity index (χ1v) is 4.99. The van der Waals surface area contributed by atoms with Crippen LogP contribution in [0.1, 0.15) is 31.1 Å². The zero-order chi connectivity index (χ0) is 11.6. The number of amides is 1. The van der Waals surface area contributed by atoms with Gasteiger partial charge in [-0.15, -0.1) is 0 Å². The van der Waals surface area contributed by atoms with Crippen LogP contribution in [0, 0.1) is 0 Å². The molecule has 0 fully saturated rings. The molecule has 0 bridgehead atoms. The molecule has 0 aliphatic carbocycles. The van der Waals surface area contributed by atoms with Gasteiger partial charge in [-0.2, -0.15) is 0 Å². The van der Waals surface area contributed by atoms with Gasteiger partial charge < -0.3 is 0 Å². The molecule has 0 aromatic heterocycles. The van der Waals surface area contributed by atoms with Crippen molar-refractivity contribution in [3.63, 3.8) is 0 Å². The van der Waals surface area contributed by atoms with Crippen LogP contribution in [0.5, 0.6) is 0 Å². The number of halogens is 1. The van der Waals surface area contributed by atoms with Gasteiger partial charge in [0.1, 0.15) is 0 Å². The zero-order valence-corrected chi connectivity index (χ0v) is 9.75. The second kappa shape index (κ2) is 4.21. The monoisotopic (exact) mass is 227 g/mol. The summed E-state index contributed by atoms with van der Waals surface area (Å²) in [5.74, 6) is -0.431. The van der Waals surface area contributed by atoms with Gasteiger partial charge >= 0.3 is 0 Å². The van der Waals surface area contributed by atoms with Crippen LogP contribution in [0.3, 0.4) is 0 Å². The number of hydrogen-bond acceptors (Lipinski definition) is 2. The van der Waals surface area contributed by atoms with E-state index >= 15 is 0 Å². The number of hydroxylamine groups is 2. The smallest absolute Gasteiger partial charge is 0.277 e. The highest BCUT2D eigenvalue weighted by Crippen LogP contribution is 2.16. The predicted octanol–water partition coefficient (Wildman–Crippen LogP) is 2.97. The van der Waals surface area contributed by atoms with Crippen molar-refractivity contribution in [3.8, 4) is 0 Å². The fraction of sp³-hybridized carbons (Fsp3) is 0.364. The lowest BCUT2D eigenvalue weighted by atomic mass is 10.1. The molecule has 4 heteroatoms. The number of carbonyl (C=O) groups is 1. The number of rotatable bonds is 1. The average Bonchev–Trinajstić information content (AvgIpc) is 2.15. The Balaban J connectivity index is 2.90. The molecule has 0 saturated carbocycles. The van der Waals surface area contributed by atoms with E-state index in [-0.39, 0.29) is 0 Å². The number of carbonyl (C=O) groups excluding carboxylic acids is 1. The summed E-state index contributed by atoms with van der Waals surface area (Å²) in [4.78, 5) is 11.7. The molecule has 0 heterocycles. The molecule has 0 saturated heterocycles. The van der Waals surface area contributed by atoms with Crippen molar-refractivity contribution < 1.29 is 10.0 Å². The fourth-order valence-electron chi connectivity index (χ4n) is 1.02. The first-order chi connectivity index (χ1) is 6.82. The van der Waals surface area contributed by atoms with Crippen molar-refractivity contribution >= 4 is 17.5 Å². The lowest BCUT2D eigenvalue weighted by molar-refractivity contribution is -0.114. The summed E-state index contributed by atoms with van der Waals surface area (Å²) in [7, 11) is 0. The number of benzene rings is 1. The third-order valence-corrected chi connectivity index (χ3v) is 2.17. The predicted molar refractivity (Wildman–Crippen MR) is 59.2 cm³/mol. The normalized spacial score (nSPS) is 11.3. The van der Waals surface area contributed by atoms with Crippen LogP contribution in [0.15, 0.2) is 24.3 Å². The number of nitrogens with zero attached hydrogens (tertiary/aromatic N) is 1. The van der Waals surface area contributed by atoms with Gasteiger partial charge in [0.15, 0.2) is 0 Å². The van der Waals surface area contributed by atoms with Gasteiger partial charge in [0.05, 0.1) is 5.54 Å². The molecule has 1 aromatic carbocycles. The van der Waals surface area contributed by atoms with E-state index in [1.54, 1.807) is 45.0 Å². The fourth-order valence-corrected chi connectivity index (χ4v) is 1.15. The van der Waals surface area contributed by atoms with Crippen LogP contribution in [-0.4, -0.2) is 21.7 Å². The van der Waals surface area contributed by atoms with Crippen LogP contribution in [0.2, 0.25) is 5.02 Å². The van der Waals surface area contributed by atoms with Crippen LogP contribution >= 0.6 is 11.6 Å². The van der Waals surface area contributed by atoms with Crippen molar-refractivity contribution in [2.75, 3.05) is 0 Å². The zero-order valence-electron chi connectivity index (χ0n) is 8.99. The third-order valence-electron chi connectivity index (χ3n) is 1.92. The van der Waals surface area contributed by atoms with Crippen molar-refractivity contribution in [1.82, 2.24) is 5.06 Å². The van der Waals surface area contributed by atoms with Gasteiger partial charge in [0.25, 0.3) is 5.91 Å². The van der Waals surface area contributed by atoms with E-state index < -0.39 is 11.4 Å².